The molecule has 3 aromatic rings. The van der Waals surface area contributed by atoms with E-state index in [0.29, 0.717) is 16.5 Å². The van der Waals surface area contributed by atoms with Crippen LogP contribution in [0.2, 0.25) is 0 Å². The van der Waals surface area contributed by atoms with Gasteiger partial charge in [-0.15, -0.1) is 16.4 Å². The number of anilines is 2. The van der Waals surface area contributed by atoms with Crippen molar-refractivity contribution in [1.82, 2.24) is 10.2 Å². The number of carbonyl (C=O) groups excluding carboxylic acids is 1. The van der Waals surface area contributed by atoms with Gasteiger partial charge in [-0.05, 0) is 43.4 Å². The van der Waals surface area contributed by atoms with E-state index >= 15 is 0 Å². The standard InChI is InChI=1S/C17H16N4O2S/c18-14-13(11-8-4-5-9-12(11)24-14)16-20-21-17(23-16)19-15(22)10-6-2-1-3-7-10/h1-3,6-7H,4-5,8-9,18H2,(H,19,21,22). The third-order valence-electron chi connectivity index (χ3n) is 4.09. The van der Waals surface area contributed by atoms with Gasteiger partial charge in [0.1, 0.15) is 0 Å². The van der Waals surface area contributed by atoms with Crippen LogP contribution in [0.5, 0.6) is 0 Å². The highest BCUT2D eigenvalue weighted by atomic mass is 32.1. The molecule has 2 aromatic heterocycles. The lowest BCUT2D eigenvalue weighted by Crippen LogP contribution is -2.11. The van der Waals surface area contributed by atoms with Gasteiger partial charge in [0.15, 0.2) is 0 Å². The van der Waals surface area contributed by atoms with Crippen LogP contribution in [0, 0.1) is 0 Å². The molecule has 3 N–H and O–H groups in total. The average Bonchev–Trinajstić information content (AvgIpc) is 3.18. The highest BCUT2D eigenvalue weighted by Gasteiger charge is 2.24. The molecule has 0 saturated heterocycles. The summed E-state index contributed by atoms with van der Waals surface area (Å²) < 4.78 is 5.64. The van der Waals surface area contributed by atoms with E-state index in [1.165, 1.54) is 16.9 Å². The van der Waals surface area contributed by atoms with Gasteiger partial charge in [0, 0.05) is 10.4 Å². The third-order valence-corrected chi connectivity index (χ3v) is 5.21. The van der Waals surface area contributed by atoms with Crippen LogP contribution in [0.4, 0.5) is 11.0 Å². The molecule has 0 atom stereocenters. The molecule has 0 aliphatic heterocycles. The maximum absolute atomic E-state index is 12.1. The van der Waals surface area contributed by atoms with Crippen LogP contribution in [-0.4, -0.2) is 16.1 Å². The lowest BCUT2D eigenvalue weighted by molar-refractivity contribution is 0.102. The number of nitrogens with two attached hydrogens (primary N) is 1. The third kappa shape index (κ3) is 2.67. The molecule has 6 nitrogen and oxygen atoms in total. The number of benzene rings is 1. The number of thiophene rings is 1. The predicted molar refractivity (Wildman–Crippen MR) is 93.1 cm³/mol. The summed E-state index contributed by atoms with van der Waals surface area (Å²) in [5.41, 5.74) is 8.74. The molecule has 0 saturated carbocycles. The second-order valence-electron chi connectivity index (χ2n) is 5.68. The van der Waals surface area contributed by atoms with Gasteiger partial charge in [-0.2, -0.15) is 0 Å². The van der Waals surface area contributed by atoms with Gasteiger partial charge in [-0.1, -0.05) is 23.3 Å². The summed E-state index contributed by atoms with van der Waals surface area (Å²) in [5.74, 6) is 0.0846. The normalized spacial score (nSPS) is 13.5. The summed E-state index contributed by atoms with van der Waals surface area (Å²) in [6, 6.07) is 8.97. The minimum Gasteiger partial charge on any atom is -0.403 e. The number of fused-ring (bicyclic) bond motifs is 1. The van der Waals surface area contributed by atoms with E-state index < -0.39 is 0 Å². The Bertz CT molecular complexity index is 885. The number of amides is 1. The maximum atomic E-state index is 12.1. The van der Waals surface area contributed by atoms with Crippen LogP contribution in [0.3, 0.4) is 0 Å². The Kier molecular flexibility index (Phi) is 3.78. The van der Waals surface area contributed by atoms with E-state index in [1.807, 2.05) is 6.07 Å². The second-order valence-corrected chi connectivity index (χ2v) is 6.82. The Morgan fingerprint density at radius 3 is 2.79 bits per heavy atom. The summed E-state index contributed by atoms with van der Waals surface area (Å²) in [6.45, 7) is 0. The molecule has 1 amide bonds. The van der Waals surface area contributed by atoms with Crippen LogP contribution in [0.1, 0.15) is 33.6 Å². The molecule has 7 heteroatoms. The molecule has 0 spiro atoms. The number of carbonyl (C=O) groups is 1. The zero-order chi connectivity index (χ0) is 16.5. The molecule has 0 unspecified atom stereocenters. The Morgan fingerprint density at radius 2 is 1.96 bits per heavy atom. The van der Waals surface area contributed by atoms with Crippen LogP contribution in [0.25, 0.3) is 11.5 Å². The molecular weight excluding hydrogens is 324 g/mol. The summed E-state index contributed by atoms with van der Waals surface area (Å²) >= 11 is 1.59. The Labute approximate surface area is 142 Å². The number of nitrogens with zero attached hydrogens (tertiary/aromatic N) is 2. The van der Waals surface area contributed by atoms with Crippen LogP contribution in [-0.2, 0) is 12.8 Å². The maximum Gasteiger partial charge on any atom is 0.322 e. The Balaban J connectivity index is 1.60. The molecule has 4 rings (SSSR count). The predicted octanol–water partition coefficient (Wildman–Crippen LogP) is 3.51. The molecule has 1 aliphatic rings. The van der Waals surface area contributed by atoms with E-state index in [-0.39, 0.29) is 11.9 Å². The molecular formula is C17H16N4O2S. The fourth-order valence-electron chi connectivity index (χ4n) is 2.96. The SMILES string of the molecule is Nc1sc2c(c1-c1nnc(NC(=O)c3ccccc3)o1)CCCC2. The topological polar surface area (TPSA) is 94.0 Å². The number of hydrogen-bond donors (Lipinski definition) is 2. The number of aryl methyl sites for hydroxylation is 1. The first kappa shape index (κ1) is 14.9. The summed E-state index contributed by atoms with van der Waals surface area (Å²) in [7, 11) is 0. The first-order valence-electron chi connectivity index (χ1n) is 7.82. The monoisotopic (exact) mass is 340 g/mol. The van der Waals surface area contributed by atoms with Crippen LogP contribution < -0.4 is 11.1 Å². The zero-order valence-electron chi connectivity index (χ0n) is 12.9. The molecule has 122 valence electrons. The minimum absolute atomic E-state index is 0.0778. The van der Waals surface area contributed by atoms with Crippen molar-refractivity contribution < 1.29 is 9.21 Å². The summed E-state index contributed by atoms with van der Waals surface area (Å²) in [6.07, 6.45) is 4.36. The number of rotatable bonds is 3. The quantitative estimate of drug-likeness (QED) is 0.761. The Hall–Kier alpha value is -2.67. The van der Waals surface area contributed by atoms with E-state index in [0.717, 1.165) is 24.8 Å². The zero-order valence-corrected chi connectivity index (χ0v) is 13.7. The fourth-order valence-corrected chi connectivity index (χ4v) is 4.11. The van der Waals surface area contributed by atoms with E-state index in [4.69, 9.17) is 10.2 Å². The van der Waals surface area contributed by atoms with E-state index in [1.54, 1.807) is 35.6 Å². The molecule has 0 radical (unpaired) electrons. The minimum atomic E-state index is -0.286. The van der Waals surface area contributed by atoms with Gasteiger partial charge >= 0.3 is 6.01 Å². The van der Waals surface area contributed by atoms with Crippen molar-refractivity contribution in [2.24, 2.45) is 0 Å². The fraction of sp³-hybridized carbons (Fsp3) is 0.235. The number of aromatic nitrogens is 2. The van der Waals surface area contributed by atoms with Gasteiger partial charge in [0.2, 0.25) is 0 Å². The van der Waals surface area contributed by atoms with Crippen molar-refractivity contribution in [1.29, 1.82) is 0 Å². The van der Waals surface area contributed by atoms with Crippen molar-refractivity contribution in [3.05, 3.63) is 46.3 Å². The molecule has 1 aliphatic carbocycles. The number of hydrogen-bond acceptors (Lipinski definition) is 6. The van der Waals surface area contributed by atoms with Gasteiger partial charge in [0.05, 0.1) is 10.6 Å². The average molecular weight is 340 g/mol. The van der Waals surface area contributed by atoms with Crippen molar-refractivity contribution in [2.45, 2.75) is 25.7 Å². The highest BCUT2D eigenvalue weighted by Crippen LogP contribution is 2.42. The van der Waals surface area contributed by atoms with E-state index in [9.17, 15) is 4.79 Å². The highest BCUT2D eigenvalue weighted by molar-refractivity contribution is 7.16. The van der Waals surface area contributed by atoms with E-state index in [2.05, 4.69) is 15.5 Å². The van der Waals surface area contributed by atoms with Crippen LogP contribution in [0.15, 0.2) is 34.7 Å². The van der Waals surface area contributed by atoms with Crippen molar-refractivity contribution in [3.63, 3.8) is 0 Å². The van der Waals surface area contributed by atoms with Crippen molar-refractivity contribution >= 4 is 28.3 Å². The molecule has 2 heterocycles. The lowest BCUT2D eigenvalue weighted by atomic mass is 9.95. The van der Waals surface area contributed by atoms with Gasteiger partial charge in [0.25, 0.3) is 11.8 Å². The number of nitrogen functional groups attached to an aromatic ring is 1. The molecule has 24 heavy (non-hydrogen) atoms. The van der Waals surface area contributed by atoms with Crippen molar-refractivity contribution in [3.8, 4) is 11.5 Å². The second kappa shape index (κ2) is 6.09. The summed E-state index contributed by atoms with van der Waals surface area (Å²) in [4.78, 5) is 13.5. The summed E-state index contributed by atoms with van der Waals surface area (Å²) in [5, 5.41) is 11.3. The molecule has 0 fully saturated rings. The van der Waals surface area contributed by atoms with Crippen molar-refractivity contribution in [2.75, 3.05) is 11.1 Å². The van der Waals surface area contributed by atoms with Gasteiger partial charge < -0.3 is 10.2 Å². The number of nitrogens with one attached hydrogen (secondary N) is 1. The Morgan fingerprint density at radius 1 is 1.17 bits per heavy atom. The largest absolute Gasteiger partial charge is 0.403 e. The first-order chi connectivity index (χ1) is 11.7. The molecule has 0 bridgehead atoms. The smallest absolute Gasteiger partial charge is 0.322 e. The van der Waals surface area contributed by atoms with Crippen LogP contribution >= 0.6 is 11.3 Å². The molecule has 1 aromatic carbocycles. The lowest BCUT2D eigenvalue weighted by Gasteiger charge is -2.10. The van der Waals surface area contributed by atoms with Gasteiger partial charge in [-0.3, -0.25) is 10.1 Å². The first-order valence-corrected chi connectivity index (χ1v) is 8.64. The van der Waals surface area contributed by atoms with Gasteiger partial charge in [-0.25, -0.2) is 0 Å².